The minimum absolute atomic E-state index is 0.0130. The van der Waals surface area contributed by atoms with E-state index in [4.69, 9.17) is 5.73 Å². The Hall–Kier alpha value is -1.88. The van der Waals surface area contributed by atoms with Gasteiger partial charge in [-0.25, -0.2) is 0 Å². The van der Waals surface area contributed by atoms with Crippen LogP contribution in [0.2, 0.25) is 0 Å². The van der Waals surface area contributed by atoms with Crippen LogP contribution in [0, 0.1) is 5.92 Å². The van der Waals surface area contributed by atoms with E-state index in [-0.39, 0.29) is 11.8 Å². The highest BCUT2D eigenvalue weighted by molar-refractivity contribution is 6.03. The van der Waals surface area contributed by atoms with E-state index < -0.39 is 5.91 Å². The van der Waals surface area contributed by atoms with Gasteiger partial charge < -0.3 is 16.4 Å². The monoisotopic (exact) mass is 219 g/mol. The predicted molar refractivity (Wildman–Crippen MR) is 59.9 cm³/mol. The highest BCUT2D eigenvalue weighted by atomic mass is 16.2. The minimum Gasteiger partial charge on any atom is -0.366 e. The van der Waals surface area contributed by atoms with Crippen LogP contribution < -0.4 is 16.4 Å². The standard InChI is InChI=1S/C11H13N3O2/c12-10(15)8-3-1-2-4-9(8)14-11(16)7-5-13-6-7/h1-4,7,13H,5-6H2,(H2,12,15)(H,14,16). The maximum atomic E-state index is 11.7. The molecule has 0 aliphatic carbocycles. The number of anilines is 1. The van der Waals surface area contributed by atoms with Gasteiger partial charge in [0, 0.05) is 13.1 Å². The molecule has 2 amide bonds. The van der Waals surface area contributed by atoms with Crippen molar-refractivity contribution in [3.63, 3.8) is 0 Å². The number of hydrogen-bond acceptors (Lipinski definition) is 3. The van der Waals surface area contributed by atoms with Crippen molar-refractivity contribution in [3.05, 3.63) is 29.8 Å². The van der Waals surface area contributed by atoms with Gasteiger partial charge in [-0.1, -0.05) is 12.1 Å². The molecule has 0 atom stereocenters. The lowest BCUT2D eigenvalue weighted by molar-refractivity contribution is -0.121. The zero-order valence-electron chi connectivity index (χ0n) is 8.69. The van der Waals surface area contributed by atoms with Crippen molar-refractivity contribution in [2.24, 2.45) is 11.7 Å². The fourth-order valence-electron chi connectivity index (χ4n) is 1.52. The molecule has 1 aromatic carbocycles. The van der Waals surface area contributed by atoms with E-state index in [9.17, 15) is 9.59 Å². The topological polar surface area (TPSA) is 84.2 Å². The van der Waals surface area contributed by atoms with E-state index in [0.717, 1.165) is 0 Å². The second-order valence-electron chi connectivity index (χ2n) is 3.75. The molecule has 1 aliphatic rings. The van der Waals surface area contributed by atoms with Crippen molar-refractivity contribution in [2.45, 2.75) is 0 Å². The summed E-state index contributed by atoms with van der Waals surface area (Å²) in [7, 11) is 0. The first-order chi connectivity index (χ1) is 7.68. The van der Waals surface area contributed by atoms with E-state index in [2.05, 4.69) is 10.6 Å². The molecule has 5 heteroatoms. The number of primary amides is 1. The summed E-state index contributed by atoms with van der Waals surface area (Å²) in [6, 6.07) is 6.72. The number of hydrogen-bond donors (Lipinski definition) is 3. The number of benzene rings is 1. The Morgan fingerprint density at radius 1 is 1.31 bits per heavy atom. The molecule has 0 unspecified atom stereocenters. The van der Waals surface area contributed by atoms with E-state index in [1.165, 1.54) is 0 Å². The van der Waals surface area contributed by atoms with Crippen LogP contribution in [0.4, 0.5) is 5.69 Å². The summed E-state index contributed by atoms with van der Waals surface area (Å²) >= 11 is 0. The summed E-state index contributed by atoms with van der Waals surface area (Å²) in [5.41, 5.74) is 6.03. The first-order valence-corrected chi connectivity index (χ1v) is 5.09. The molecule has 1 saturated heterocycles. The first kappa shape index (κ1) is 10.6. The average molecular weight is 219 g/mol. The molecule has 16 heavy (non-hydrogen) atoms. The van der Waals surface area contributed by atoms with Crippen LogP contribution in [0.25, 0.3) is 0 Å². The molecule has 1 aromatic rings. The normalized spacial score (nSPS) is 15.2. The van der Waals surface area contributed by atoms with Crippen molar-refractivity contribution in [2.75, 3.05) is 18.4 Å². The highest BCUT2D eigenvalue weighted by Gasteiger charge is 2.25. The lowest BCUT2D eigenvalue weighted by Crippen LogP contribution is -2.48. The number of carbonyl (C=O) groups excluding carboxylic acids is 2. The van der Waals surface area contributed by atoms with Crippen LogP contribution in [0.1, 0.15) is 10.4 Å². The van der Waals surface area contributed by atoms with Crippen molar-refractivity contribution in [3.8, 4) is 0 Å². The average Bonchev–Trinajstić information content (AvgIpc) is 2.15. The second-order valence-corrected chi connectivity index (χ2v) is 3.75. The van der Waals surface area contributed by atoms with Crippen LogP contribution >= 0.6 is 0 Å². The van der Waals surface area contributed by atoms with Crippen molar-refractivity contribution in [1.29, 1.82) is 0 Å². The highest BCUT2D eigenvalue weighted by Crippen LogP contribution is 2.16. The van der Waals surface area contributed by atoms with E-state index in [1.807, 2.05) is 0 Å². The van der Waals surface area contributed by atoms with Crippen LogP contribution in [0.5, 0.6) is 0 Å². The largest absolute Gasteiger partial charge is 0.366 e. The van der Waals surface area contributed by atoms with Gasteiger partial charge in [0.05, 0.1) is 17.2 Å². The Labute approximate surface area is 93.0 Å². The van der Waals surface area contributed by atoms with Gasteiger partial charge >= 0.3 is 0 Å². The fraction of sp³-hybridized carbons (Fsp3) is 0.273. The van der Waals surface area contributed by atoms with Gasteiger partial charge in [0.25, 0.3) is 5.91 Å². The molecule has 1 fully saturated rings. The third kappa shape index (κ3) is 2.04. The molecule has 1 heterocycles. The summed E-state index contributed by atoms with van der Waals surface area (Å²) in [6.45, 7) is 1.37. The second kappa shape index (κ2) is 4.32. The molecule has 84 valence electrons. The molecule has 0 saturated carbocycles. The Balaban J connectivity index is 2.13. The lowest BCUT2D eigenvalue weighted by Gasteiger charge is -2.26. The Morgan fingerprint density at radius 3 is 2.56 bits per heavy atom. The van der Waals surface area contributed by atoms with Gasteiger partial charge in [-0.15, -0.1) is 0 Å². The van der Waals surface area contributed by atoms with Crippen molar-refractivity contribution < 1.29 is 9.59 Å². The van der Waals surface area contributed by atoms with E-state index in [1.54, 1.807) is 24.3 Å². The van der Waals surface area contributed by atoms with Gasteiger partial charge in [-0.05, 0) is 12.1 Å². The molecule has 0 radical (unpaired) electrons. The Bertz CT molecular complexity index is 427. The third-order valence-corrected chi connectivity index (χ3v) is 2.60. The first-order valence-electron chi connectivity index (χ1n) is 5.09. The summed E-state index contributed by atoms with van der Waals surface area (Å²) < 4.78 is 0. The summed E-state index contributed by atoms with van der Waals surface area (Å²) in [6.07, 6.45) is 0. The number of rotatable bonds is 3. The van der Waals surface area contributed by atoms with Crippen LogP contribution in [-0.2, 0) is 4.79 Å². The predicted octanol–water partition coefficient (Wildman–Crippen LogP) is -0.0566. The number of nitrogens with two attached hydrogens (primary N) is 1. The maximum Gasteiger partial charge on any atom is 0.250 e. The summed E-state index contributed by atoms with van der Waals surface area (Å²) in [4.78, 5) is 22.8. The van der Waals surface area contributed by atoms with Gasteiger partial charge in [0.15, 0.2) is 0 Å². The van der Waals surface area contributed by atoms with Crippen molar-refractivity contribution in [1.82, 2.24) is 5.32 Å². The minimum atomic E-state index is -0.539. The van der Waals surface area contributed by atoms with Crippen LogP contribution in [0.3, 0.4) is 0 Å². The smallest absolute Gasteiger partial charge is 0.250 e. The number of amides is 2. The number of carbonyl (C=O) groups is 2. The molecular weight excluding hydrogens is 206 g/mol. The molecular formula is C11H13N3O2. The molecule has 0 spiro atoms. The molecule has 0 bridgehead atoms. The van der Waals surface area contributed by atoms with Gasteiger partial charge in [0.1, 0.15) is 0 Å². The lowest BCUT2D eigenvalue weighted by atomic mass is 10.0. The SMILES string of the molecule is NC(=O)c1ccccc1NC(=O)C1CNC1. The Kier molecular flexibility index (Phi) is 2.87. The Morgan fingerprint density at radius 2 is 2.00 bits per heavy atom. The summed E-state index contributed by atoms with van der Waals surface area (Å²) in [5.74, 6) is -0.629. The molecule has 4 N–H and O–H groups in total. The number of para-hydroxylation sites is 1. The van der Waals surface area contributed by atoms with E-state index in [0.29, 0.717) is 24.3 Å². The quantitative estimate of drug-likeness (QED) is 0.666. The van der Waals surface area contributed by atoms with E-state index >= 15 is 0 Å². The maximum absolute atomic E-state index is 11.7. The van der Waals surface area contributed by atoms with Crippen LogP contribution in [0.15, 0.2) is 24.3 Å². The zero-order chi connectivity index (χ0) is 11.5. The number of nitrogens with one attached hydrogen (secondary N) is 2. The molecule has 5 nitrogen and oxygen atoms in total. The zero-order valence-corrected chi connectivity index (χ0v) is 8.69. The molecule has 2 rings (SSSR count). The summed E-state index contributed by atoms with van der Waals surface area (Å²) in [5, 5.41) is 5.73. The molecule has 1 aliphatic heterocycles. The fourth-order valence-corrected chi connectivity index (χ4v) is 1.52. The van der Waals surface area contributed by atoms with Gasteiger partial charge in [-0.3, -0.25) is 9.59 Å². The molecule has 0 aromatic heterocycles. The van der Waals surface area contributed by atoms with Gasteiger partial charge in [0.2, 0.25) is 5.91 Å². The van der Waals surface area contributed by atoms with Crippen molar-refractivity contribution >= 4 is 17.5 Å². The third-order valence-electron chi connectivity index (χ3n) is 2.60. The van der Waals surface area contributed by atoms with Gasteiger partial charge in [-0.2, -0.15) is 0 Å². The van der Waals surface area contributed by atoms with Crippen LogP contribution in [-0.4, -0.2) is 24.9 Å².